The monoisotopic (exact) mass is 199 g/mol. The van der Waals surface area contributed by atoms with Crippen molar-refractivity contribution < 1.29 is 25.1 Å². The smallest absolute Gasteiger partial charge is 0.344 e. The van der Waals surface area contributed by atoms with Gasteiger partial charge in [-0.25, -0.2) is 10.0 Å². The second-order valence-corrected chi connectivity index (χ2v) is 2.53. The summed E-state index contributed by atoms with van der Waals surface area (Å²) in [6, 6.07) is 3.38. The molecule has 0 bridgehead atoms. The molecular formula is C8H9NO5. The molecule has 1 atom stereocenters. The van der Waals surface area contributed by atoms with Crippen LogP contribution in [0.25, 0.3) is 0 Å². The maximum atomic E-state index is 11.1. The van der Waals surface area contributed by atoms with Crippen LogP contribution >= 0.6 is 0 Å². The van der Waals surface area contributed by atoms with Crippen LogP contribution in [0.3, 0.4) is 0 Å². The van der Waals surface area contributed by atoms with Gasteiger partial charge < -0.3 is 15.1 Å². The van der Waals surface area contributed by atoms with Gasteiger partial charge in [-0.3, -0.25) is 0 Å². The SMILES string of the molecule is COC(=O)c1cc(O)ccc1[NH+]([O-])O. The highest BCUT2D eigenvalue weighted by atomic mass is 16.8. The van der Waals surface area contributed by atoms with Crippen LogP contribution in [0.1, 0.15) is 10.4 Å². The molecule has 0 spiro atoms. The Labute approximate surface area is 79.5 Å². The number of nitrogens with one attached hydrogen (secondary N) is 1. The number of benzene rings is 1. The van der Waals surface area contributed by atoms with Crippen LogP contribution in [-0.4, -0.2) is 23.4 Å². The third-order valence-electron chi connectivity index (χ3n) is 1.64. The lowest BCUT2D eigenvalue weighted by Crippen LogP contribution is -2.99. The zero-order valence-corrected chi connectivity index (χ0v) is 7.35. The fourth-order valence-electron chi connectivity index (χ4n) is 0.998. The van der Waals surface area contributed by atoms with E-state index in [0.29, 0.717) is 0 Å². The number of hydrogen-bond acceptors (Lipinski definition) is 5. The first-order valence-corrected chi connectivity index (χ1v) is 3.71. The van der Waals surface area contributed by atoms with Crippen LogP contribution in [-0.2, 0) is 4.74 Å². The van der Waals surface area contributed by atoms with Crippen molar-refractivity contribution in [1.29, 1.82) is 0 Å². The van der Waals surface area contributed by atoms with Gasteiger partial charge >= 0.3 is 5.97 Å². The second kappa shape index (κ2) is 4.05. The molecule has 6 heteroatoms. The van der Waals surface area contributed by atoms with E-state index >= 15 is 0 Å². The largest absolute Gasteiger partial charge is 0.595 e. The lowest BCUT2D eigenvalue weighted by Gasteiger charge is -2.14. The summed E-state index contributed by atoms with van der Waals surface area (Å²) in [5.74, 6) is -0.978. The summed E-state index contributed by atoms with van der Waals surface area (Å²) < 4.78 is 4.37. The lowest BCUT2D eigenvalue weighted by atomic mass is 10.1. The predicted octanol–water partition coefficient (Wildman–Crippen LogP) is -0.418. The maximum Gasteiger partial charge on any atom is 0.344 e. The molecule has 0 saturated carbocycles. The first-order valence-electron chi connectivity index (χ1n) is 3.71. The van der Waals surface area contributed by atoms with Gasteiger partial charge in [0, 0.05) is 12.1 Å². The molecule has 0 aliphatic heterocycles. The van der Waals surface area contributed by atoms with E-state index in [1.807, 2.05) is 0 Å². The average Bonchev–Trinajstić information content (AvgIpc) is 2.16. The van der Waals surface area contributed by atoms with E-state index in [1.54, 1.807) is 0 Å². The topological polar surface area (TPSA) is 94.3 Å². The first kappa shape index (κ1) is 10.5. The number of hydrogen-bond donors (Lipinski definition) is 3. The number of aromatic hydroxyl groups is 1. The van der Waals surface area contributed by atoms with Gasteiger partial charge in [0.05, 0.1) is 7.11 Å². The van der Waals surface area contributed by atoms with Crippen LogP contribution < -0.4 is 5.23 Å². The van der Waals surface area contributed by atoms with Gasteiger partial charge in [0.25, 0.3) is 0 Å². The highest BCUT2D eigenvalue weighted by Crippen LogP contribution is 2.18. The molecule has 1 unspecified atom stereocenters. The van der Waals surface area contributed by atoms with E-state index in [1.165, 1.54) is 6.07 Å². The summed E-state index contributed by atoms with van der Waals surface area (Å²) in [6.07, 6.45) is 0. The third kappa shape index (κ3) is 1.99. The summed E-state index contributed by atoms with van der Waals surface area (Å²) in [5.41, 5.74) is -0.366. The third-order valence-corrected chi connectivity index (χ3v) is 1.64. The van der Waals surface area contributed by atoms with Crippen LogP contribution in [0.2, 0.25) is 0 Å². The number of phenolic OH excluding ortho intramolecular Hbond substituents is 1. The van der Waals surface area contributed by atoms with Gasteiger partial charge in [0.1, 0.15) is 11.3 Å². The zero-order chi connectivity index (χ0) is 10.7. The Morgan fingerprint density at radius 3 is 2.71 bits per heavy atom. The van der Waals surface area contributed by atoms with Crippen LogP contribution in [0.4, 0.5) is 5.69 Å². The van der Waals surface area contributed by atoms with Crippen molar-refractivity contribution in [2.45, 2.75) is 0 Å². The molecule has 0 amide bonds. The summed E-state index contributed by atoms with van der Waals surface area (Å²) in [6.45, 7) is 0. The number of rotatable bonds is 2. The van der Waals surface area contributed by atoms with E-state index < -0.39 is 11.2 Å². The fraction of sp³-hybridized carbons (Fsp3) is 0.125. The summed E-state index contributed by atoms with van der Waals surface area (Å²) in [7, 11) is 1.14. The van der Waals surface area contributed by atoms with Gasteiger partial charge in [-0.05, 0) is 6.07 Å². The number of phenols is 1. The molecule has 0 radical (unpaired) electrons. The van der Waals surface area contributed by atoms with Crippen LogP contribution in [0.5, 0.6) is 5.75 Å². The molecular weight excluding hydrogens is 190 g/mol. The number of esters is 1. The summed E-state index contributed by atoms with van der Waals surface area (Å²) in [4.78, 5) is 11.1. The molecule has 6 nitrogen and oxygen atoms in total. The van der Waals surface area contributed by atoms with E-state index in [2.05, 4.69) is 4.74 Å². The predicted molar refractivity (Wildman–Crippen MR) is 45.2 cm³/mol. The normalized spacial score (nSPS) is 12.2. The number of methoxy groups -OCH3 is 1. The Morgan fingerprint density at radius 2 is 2.21 bits per heavy atom. The molecule has 76 valence electrons. The first-order chi connectivity index (χ1) is 6.56. The average molecular weight is 199 g/mol. The van der Waals surface area contributed by atoms with E-state index in [-0.39, 0.29) is 17.0 Å². The van der Waals surface area contributed by atoms with E-state index in [4.69, 9.17) is 10.3 Å². The van der Waals surface area contributed by atoms with Crippen molar-refractivity contribution in [3.63, 3.8) is 0 Å². The van der Waals surface area contributed by atoms with E-state index in [0.717, 1.165) is 19.2 Å². The van der Waals surface area contributed by atoms with Gasteiger partial charge in [0.15, 0.2) is 5.69 Å². The molecule has 0 heterocycles. The van der Waals surface area contributed by atoms with Gasteiger partial charge in [-0.1, -0.05) is 0 Å². The van der Waals surface area contributed by atoms with Crippen molar-refractivity contribution in [1.82, 2.24) is 0 Å². The second-order valence-electron chi connectivity index (χ2n) is 2.53. The Bertz CT molecular complexity index is 350. The molecule has 1 aromatic carbocycles. The van der Waals surface area contributed by atoms with Gasteiger partial charge in [-0.2, -0.15) is 5.23 Å². The van der Waals surface area contributed by atoms with Crippen molar-refractivity contribution in [3.05, 3.63) is 29.0 Å². The van der Waals surface area contributed by atoms with Crippen LogP contribution in [0, 0.1) is 5.21 Å². The van der Waals surface area contributed by atoms with Crippen molar-refractivity contribution in [3.8, 4) is 5.75 Å². The molecule has 0 aromatic heterocycles. The molecule has 1 aromatic rings. The van der Waals surface area contributed by atoms with Gasteiger partial charge in [0.2, 0.25) is 0 Å². The molecule has 0 fully saturated rings. The standard InChI is InChI=1S/C8H9NO5/c1-14-8(11)6-4-5(10)2-3-7(6)9(12)13/h2-4,9-10,12H,1H3. The van der Waals surface area contributed by atoms with Crippen LogP contribution in [0.15, 0.2) is 18.2 Å². The highest BCUT2D eigenvalue weighted by Gasteiger charge is 2.17. The molecule has 0 aliphatic carbocycles. The maximum absolute atomic E-state index is 11.1. The lowest BCUT2D eigenvalue weighted by molar-refractivity contribution is -0.991. The Balaban J connectivity index is 3.22. The number of carbonyl (C=O) groups is 1. The summed E-state index contributed by atoms with van der Waals surface area (Å²) >= 11 is 0. The molecule has 3 N–H and O–H groups in total. The molecule has 0 aliphatic rings. The van der Waals surface area contributed by atoms with Crippen molar-refractivity contribution >= 4 is 11.7 Å². The minimum Gasteiger partial charge on any atom is -0.595 e. The number of quaternary nitrogens is 1. The minimum atomic E-state index is -1.24. The summed E-state index contributed by atoms with van der Waals surface area (Å²) in [5, 5.41) is 27.2. The van der Waals surface area contributed by atoms with Crippen molar-refractivity contribution in [2.75, 3.05) is 7.11 Å². The van der Waals surface area contributed by atoms with Crippen molar-refractivity contribution in [2.24, 2.45) is 0 Å². The Kier molecular flexibility index (Phi) is 3.03. The quantitative estimate of drug-likeness (QED) is 0.341. The Morgan fingerprint density at radius 1 is 1.57 bits per heavy atom. The molecule has 14 heavy (non-hydrogen) atoms. The molecule has 1 rings (SSSR count). The van der Waals surface area contributed by atoms with E-state index in [9.17, 15) is 10.0 Å². The number of carbonyl (C=O) groups excluding carboxylic acids is 1. The molecule has 0 saturated heterocycles. The minimum absolute atomic E-state index is 0.167. The Hall–Kier alpha value is -1.63. The number of ether oxygens (including phenoxy) is 1. The fourth-order valence-corrected chi connectivity index (χ4v) is 0.998. The zero-order valence-electron chi connectivity index (χ0n) is 7.35. The highest BCUT2D eigenvalue weighted by molar-refractivity contribution is 5.94. The van der Waals surface area contributed by atoms with Gasteiger partial charge in [-0.15, -0.1) is 0 Å².